The summed E-state index contributed by atoms with van der Waals surface area (Å²) in [5.74, 6) is 0. The summed E-state index contributed by atoms with van der Waals surface area (Å²) >= 11 is -0.416. The van der Waals surface area contributed by atoms with Crippen LogP contribution in [0.1, 0.15) is 0 Å². The smallest absolute Gasteiger partial charge is 0.458 e. The maximum atomic E-state index is 10.6. The molecule has 0 N–H and O–H groups in total. The van der Waals surface area contributed by atoms with Crippen molar-refractivity contribution in [3.63, 3.8) is 0 Å². The van der Waals surface area contributed by atoms with Gasteiger partial charge in [-0.05, 0) is 22.0 Å². The van der Waals surface area contributed by atoms with Crippen LogP contribution in [0.25, 0.3) is 0 Å². The quantitative estimate of drug-likeness (QED) is 0.578. The summed E-state index contributed by atoms with van der Waals surface area (Å²) in [7, 11) is 6.46. The molecule has 0 fully saturated rings. The fourth-order valence-corrected chi connectivity index (χ4v) is 1.81. The second kappa shape index (κ2) is 6.65. The molecule has 0 aliphatic rings. The Hall–Kier alpha value is -0.440. The van der Waals surface area contributed by atoms with Gasteiger partial charge in [0.2, 0.25) is 0 Å². The molecule has 0 heterocycles. The van der Waals surface area contributed by atoms with Crippen LogP contribution in [-0.4, -0.2) is 35.4 Å². The maximum Gasteiger partial charge on any atom is 0.458 e. The molecule has 0 aromatic heterocycles. The van der Waals surface area contributed by atoms with Gasteiger partial charge in [-0.2, -0.15) is 13.2 Å². The fraction of sp³-hybridized carbons (Fsp3) is 0.400. The second-order valence-corrected chi connectivity index (χ2v) is 5.93. The van der Waals surface area contributed by atoms with E-state index in [9.17, 15) is 13.2 Å². The van der Waals surface area contributed by atoms with Crippen molar-refractivity contribution >= 4 is 32.7 Å². The van der Waals surface area contributed by atoms with Crippen LogP contribution in [0.2, 0.25) is 0 Å². The summed E-state index contributed by atoms with van der Waals surface area (Å²) in [5, 5.41) is 0. The van der Waals surface area contributed by atoms with Gasteiger partial charge in [0.1, 0.15) is 5.69 Å². The number of hydrogen-bond donors (Lipinski definition) is 0. The topological polar surface area (TPSA) is 40.1 Å². The van der Waals surface area contributed by atoms with Crippen molar-refractivity contribution in [2.75, 3.05) is 21.1 Å². The molecule has 1 rings (SSSR count). The van der Waals surface area contributed by atoms with Gasteiger partial charge in [-0.3, -0.25) is 8.69 Å². The van der Waals surface area contributed by atoms with E-state index in [0.717, 1.165) is 4.48 Å². The van der Waals surface area contributed by atoms with E-state index < -0.39 is 16.6 Å². The SMILES string of the molecule is C[N+](C)(C)c1ccccc1Br.O=S([O-])C(F)(F)F. The van der Waals surface area contributed by atoms with Crippen molar-refractivity contribution in [3.8, 4) is 0 Å². The number of rotatable bonds is 1. The number of hydrogen-bond acceptors (Lipinski definition) is 2. The van der Waals surface area contributed by atoms with Crippen LogP contribution < -0.4 is 4.48 Å². The predicted octanol–water partition coefficient (Wildman–Crippen LogP) is 3.03. The van der Waals surface area contributed by atoms with Crippen molar-refractivity contribution in [2.45, 2.75) is 5.51 Å². The summed E-state index contributed by atoms with van der Waals surface area (Å²) in [6, 6.07) is 8.29. The van der Waals surface area contributed by atoms with Gasteiger partial charge in [0.05, 0.1) is 36.7 Å². The molecule has 104 valence electrons. The van der Waals surface area contributed by atoms with Gasteiger partial charge in [-0.25, -0.2) is 0 Å². The summed E-state index contributed by atoms with van der Waals surface area (Å²) in [6.07, 6.45) is 0. The molecule has 3 nitrogen and oxygen atoms in total. The summed E-state index contributed by atoms with van der Waals surface area (Å²) < 4.78 is 51.5. The van der Waals surface area contributed by atoms with Crippen molar-refractivity contribution in [1.82, 2.24) is 4.48 Å². The van der Waals surface area contributed by atoms with Crippen molar-refractivity contribution in [3.05, 3.63) is 28.7 Å². The lowest BCUT2D eigenvalue weighted by molar-refractivity contribution is -0.0452. The average molecular weight is 348 g/mol. The van der Waals surface area contributed by atoms with Crippen molar-refractivity contribution in [2.24, 2.45) is 0 Å². The monoisotopic (exact) mass is 347 g/mol. The molecule has 1 aromatic rings. The zero-order chi connectivity index (χ0) is 14.6. The normalized spacial score (nSPS) is 13.6. The van der Waals surface area contributed by atoms with E-state index in [1.165, 1.54) is 10.2 Å². The van der Waals surface area contributed by atoms with E-state index in [-0.39, 0.29) is 0 Å². The van der Waals surface area contributed by atoms with Crippen LogP contribution in [-0.2, 0) is 11.1 Å². The van der Waals surface area contributed by atoms with Crippen LogP contribution in [0.5, 0.6) is 0 Å². The largest absolute Gasteiger partial charge is 0.766 e. The Kier molecular flexibility index (Phi) is 6.48. The predicted molar refractivity (Wildman–Crippen MR) is 68.7 cm³/mol. The summed E-state index contributed by atoms with van der Waals surface area (Å²) in [4.78, 5) is 0. The highest BCUT2D eigenvalue weighted by Gasteiger charge is 2.28. The first-order valence-electron chi connectivity index (χ1n) is 4.69. The molecular weight excluding hydrogens is 335 g/mol. The molecule has 8 heteroatoms. The molecule has 0 saturated heterocycles. The molecule has 0 bridgehead atoms. The van der Waals surface area contributed by atoms with Crippen LogP contribution in [0.15, 0.2) is 28.7 Å². The van der Waals surface area contributed by atoms with Crippen LogP contribution in [0.4, 0.5) is 18.9 Å². The summed E-state index contributed by atoms with van der Waals surface area (Å²) in [5.41, 5.74) is -3.78. The number of quaternary nitrogens is 1. The minimum Gasteiger partial charge on any atom is -0.766 e. The highest BCUT2D eigenvalue weighted by molar-refractivity contribution is 9.10. The first kappa shape index (κ1) is 17.6. The van der Waals surface area contributed by atoms with Gasteiger partial charge in [0.15, 0.2) is 0 Å². The van der Waals surface area contributed by atoms with Gasteiger partial charge >= 0.3 is 5.51 Å². The Morgan fingerprint density at radius 1 is 1.22 bits per heavy atom. The maximum absolute atomic E-state index is 10.6. The zero-order valence-electron chi connectivity index (χ0n) is 9.99. The first-order chi connectivity index (χ1) is 7.96. The Morgan fingerprint density at radius 3 is 1.83 bits per heavy atom. The fourth-order valence-electron chi connectivity index (χ4n) is 0.996. The molecular formula is C10H13BrF3NO2S. The van der Waals surface area contributed by atoms with E-state index in [1.807, 2.05) is 6.07 Å². The zero-order valence-corrected chi connectivity index (χ0v) is 12.4. The highest BCUT2D eigenvalue weighted by atomic mass is 79.9. The molecule has 1 atom stereocenters. The van der Waals surface area contributed by atoms with E-state index in [1.54, 1.807) is 0 Å². The minimum absolute atomic E-state index is 0.849. The van der Waals surface area contributed by atoms with Gasteiger partial charge in [-0.15, -0.1) is 0 Å². The third-order valence-corrected chi connectivity index (χ3v) is 2.81. The molecule has 0 spiro atoms. The second-order valence-electron chi connectivity index (χ2n) is 4.14. The number of nitrogens with zero attached hydrogens (tertiary/aromatic N) is 1. The molecule has 0 aliphatic heterocycles. The van der Waals surface area contributed by atoms with Crippen LogP contribution in [0, 0.1) is 0 Å². The Labute approximate surface area is 115 Å². The lowest BCUT2D eigenvalue weighted by Crippen LogP contribution is -2.34. The average Bonchev–Trinajstić information content (AvgIpc) is 2.15. The van der Waals surface area contributed by atoms with Crippen molar-refractivity contribution in [1.29, 1.82) is 0 Å². The number of benzene rings is 1. The van der Waals surface area contributed by atoms with Gasteiger partial charge in [0.25, 0.3) is 0 Å². The number of para-hydroxylation sites is 1. The Morgan fingerprint density at radius 2 is 1.61 bits per heavy atom. The van der Waals surface area contributed by atoms with Gasteiger partial charge < -0.3 is 4.55 Å². The lowest BCUT2D eigenvalue weighted by Gasteiger charge is -2.24. The molecule has 18 heavy (non-hydrogen) atoms. The molecule has 0 amide bonds. The van der Waals surface area contributed by atoms with Crippen LogP contribution >= 0.6 is 15.9 Å². The summed E-state index contributed by atoms with van der Waals surface area (Å²) in [6.45, 7) is 0. The molecule has 1 aromatic carbocycles. The Balaban J connectivity index is 0.000000360. The van der Waals surface area contributed by atoms with E-state index in [0.29, 0.717) is 0 Å². The Bertz CT molecular complexity index is 418. The van der Waals surface area contributed by atoms with Gasteiger partial charge in [-0.1, -0.05) is 12.1 Å². The third kappa shape index (κ3) is 6.48. The van der Waals surface area contributed by atoms with Gasteiger partial charge in [0, 0.05) is 6.07 Å². The van der Waals surface area contributed by atoms with E-state index in [4.69, 9.17) is 8.76 Å². The standard InChI is InChI=1S/C9H13BrN.CHF3O2S/c1-11(2,3)9-7-5-4-6-8(9)10;2-1(3,4)7(5)6/h4-7H,1-3H3;(H,5,6)/q+1;/p-1. The minimum atomic E-state index is -5.08. The first-order valence-corrected chi connectivity index (χ1v) is 6.55. The molecule has 0 aliphatic carbocycles. The molecule has 1 unspecified atom stereocenters. The third-order valence-electron chi connectivity index (χ3n) is 1.76. The van der Waals surface area contributed by atoms with E-state index in [2.05, 4.69) is 55.3 Å². The number of alkyl halides is 3. The lowest BCUT2D eigenvalue weighted by atomic mass is 10.3. The highest BCUT2D eigenvalue weighted by Crippen LogP contribution is 2.26. The van der Waals surface area contributed by atoms with E-state index >= 15 is 0 Å². The number of halogens is 4. The molecule has 0 radical (unpaired) electrons. The van der Waals surface area contributed by atoms with Crippen LogP contribution in [0.3, 0.4) is 0 Å². The van der Waals surface area contributed by atoms with Crippen molar-refractivity contribution < 1.29 is 21.9 Å². The molecule has 0 saturated carbocycles.